The molecular weight excluding hydrogens is 228 g/mol. The fourth-order valence-electron chi connectivity index (χ4n) is 1.73. The van der Waals surface area contributed by atoms with Gasteiger partial charge in [0.1, 0.15) is 5.76 Å². The first-order valence-corrected chi connectivity index (χ1v) is 6.63. The molecule has 1 heterocycles. The van der Waals surface area contributed by atoms with Gasteiger partial charge in [-0.05, 0) is 33.6 Å². The third-order valence-electron chi connectivity index (χ3n) is 2.69. The van der Waals surface area contributed by atoms with Crippen molar-refractivity contribution >= 4 is 5.96 Å². The van der Waals surface area contributed by atoms with E-state index in [4.69, 9.17) is 4.52 Å². The first-order chi connectivity index (χ1) is 8.69. The minimum atomic E-state index is 0.832. The highest BCUT2D eigenvalue weighted by molar-refractivity contribution is 5.79. The number of hydrogen-bond acceptors (Lipinski definition) is 3. The lowest BCUT2D eigenvalue weighted by Gasteiger charge is -2.10. The summed E-state index contributed by atoms with van der Waals surface area (Å²) in [5, 5.41) is 10.5. The summed E-state index contributed by atoms with van der Waals surface area (Å²) in [6, 6.07) is 0. The number of guanidine groups is 1. The maximum absolute atomic E-state index is 5.14. The van der Waals surface area contributed by atoms with Gasteiger partial charge in [-0.2, -0.15) is 0 Å². The van der Waals surface area contributed by atoms with Gasteiger partial charge < -0.3 is 15.2 Å². The maximum atomic E-state index is 5.14. The summed E-state index contributed by atoms with van der Waals surface area (Å²) in [7, 11) is 0. The van der Waals surface area contributed by atoms with Crippen LogP contribution in [0, 0.1) is 13.8 Å². The van der Waals surface area contributed by atoms with Crippen molar-refractivity contribution in [2.24, 2.45) is 4.99 Å². The van der Waals surface area contributed by atoms with E-state index in [-0.39, 0.29) is 0 Å². The largest absolute Gasteiger partial charge is 0.361 e. The van der Waals surface area contributed by atoms with E-state index >= 15 is 0 Å². The van der Waals surface area contributed by atoms with E-state index in [1.54, 1.807) is 0 Å². The molecular formula is C13H24N4O. The lowest BCUT2D eigenvalue weighted by Crippen LogP contribution is -2.38. The SMILES string of the molecule is CCCN=C(NCC)NCCc1c(C)noc1C. The predicted octanol–water partition coefficient (Wildman–Crippen LogP) is 1.80. The maximum Gasteiger partial charge on any atom is 0.191 e. The van der Waals surface area contributed by atoms with E-state index < -0.39 is 0 Å². The molecule has 0 radical (unpaired) electrons. The summed E-state index contributed by atoms with van der Waals surface area (Å²) in [5.41, 5.74) is 2.17. The predicted molar refractivity (Wildman–Crippen MR) is 74.0 cm³/mol. The van der Waals surface area contributed by atoms with Crippen molar-refractivity contribution in [1.29, 1.82) is 0 Å². The lowest BCUT2D eigenvalue weighted by atomic mass is 10.1. The molecule has 0 aliphatic heterocycles. The van der Waals surface area contributed by atoms with Gasteiger partial charge in [-0.25, -0.2) is 0 Å². The van der Waals surface area contributed by atoms with E-state index in [9.17, 15) is 0 Å². The number of hydrogen-bond donors (Lipinski definition) is 2. The number of rotatable bonds is 6. The molecule has 1 aromatic rings. The zero-order valence-corrected chi connectivity index (χ0v) is 11.8. The molecule has 5 nitrogen and oxygen atoms in total. The van der Waals surface area contributed by atoms with E-state index in [0.29, 0.717) is 0 Å². The summed E-state index contributed by atoms with van der Waals surface area (Å²) in [4.78, 5) is 4.45. The van der Waals surface area contributed by atoms with Gasteiger partial charge in [0.25, 0.3) is 0 Å². The summed E-state index contributed by atoms with van der Waals surface area (Å²) in [6.07, 6.45) is 1.96. The number of aryl methyl sites for hydroxylation is 2. The third-order valence-corrected chi connectivity index (χ3v) is 2.69. The Bertz CT molecular complexity index is 365. The van der Waals surface area contributed by atoms with E-state index in [0.717, 1.165) is 49.9 Å². The number of aromatic nitrogens is 1. The highest BCUT2D eigenvalue weighted by atomic mass is 16.5. The van der Waals surface area contributed by atoms with Crippen LogP contribution < -0.4 is 10.6 Å². The van der Waals surface area contributed by atoms with Crippen LogP contribution in [-0.2, 0) is 6.42 Å². The summed E-state index contributed by atoms with van der Waals surface area (Å²) in [5.74, 6) is 1.79. The van der Waals surface area contributed by atoms with Crippen LogP contribution in [0.2, 0.25) is 0 Å². The van der Waals surface area contributed by atoms with Gasteiger partial charge in [-0.3, -0.25) is 4.99 Å². The van der Waals surface area contributed by atoms with Crippen molar-refractivity contribution in [3.8, 4) is 0 Å². The Labute approximate surface area is 109 Å². The molecule has 0 spiro atoms. The highest BCUT2D eigenvalue weighted by Gasteiger charge is 2.08. The molecule has 18 heavy (non-hydrogen) atoms. The van der Waals surface area contributed by atoms with Gasteiger partial charge in [0.2, 0.25) is 0 Å². The summed E-state index contributed by atoms with van der Waals surface area (Å²) < 4.78 is 5.14. The second kappa shape index (κ2) is 7.74. The Morgan fingerprint density at radius 1 is 1.28 bits per heavy atom. The molecule has 2 N–H and O–H groups in total. The molecule has 0 fully saturated rings. The summed E-state index contributed by atoms with van der Waals surface area (Å²) >= 11 is 0. The van der Waals surface area contributed by atoms with Gasteiger partial charge in [0, 0.05) is 25.2 Å². The van der Waals surface area contributed by atoms with Crippen molar-refractivity contribution in [3.05, 3.63) is 17.0 Å². The molecule has 1 aromatic heterocycles. The molecule has 102 valence electrons. The van der Waals surface area contributed by atoms with E-state index in [1.807, 2.05) is 13.8 Å². The van der Waals surface area contributed by atoms with Gasteiger partial charge in [-0.15, -0.1) is 0 Å². The van der Waals surface area contributed by atoms with Crippen LogP contribution in [0.3, 0.4) is 0 Å². The molecule has 0 saturated heterocycles. The van der Waals surface area contributed by atoms with Crippen LogP contribution in [0.25, 0.3) is 0 Å². The van der Waals surface area contributed by atoms with Gasteiger partial charge in [0.05, 0.1) is 5.69 Å². The lowest BCUT2D eigenvalue weighted by molar-refractivity contribution is 0.392. The molecule has 0 bridgehead atoms. The molecule has 0 saturated carbocycles. The Hall–Kier alpha value is -1.52. The van der Waals surface area contributed by atoms with Crippen LogP contribution in [0.4, 0.5) is 0 Å². The Morgan fingerprint density at radius 3 is 2.61 bits per heavy atom. The third kappa shape index (κ3) is 4.39. The van der Waals surface area contributed by atoms with Crippen molar-refractivity contribution in [3.63, 3.8) is 0 Å². The van der Waals surface area contributed by atoms with Gasteiger partial charge in [-0.1, -0.05) is 12.1 Å². The van der Waals surface area contributed by atoms with E-state index in [2.05, 4.69) is 34.6 Å². The number of nitrogens with one attached hydrogen (secondary N) is 2. The molecule has 0 aliphatic carbocycles. The second-order valence-electron chi connectivity index (χ2n) is 4.24. The minimum Gasteiger partial charge on any atom is -0.361 e. The van der Waals surface area contributed by atoms with Crippen LogP contribution in [0.15, 0.2) is 9.52 Å². The van der Waals surface area contributed by atoms with Crippen LogP contribution >= 0.6 is 0 Å². The average Bonchev–Trinajstić information content (AvgIpc) is 2.67. The average molecular weight is 252 g/mol. The topological polar surface area (TPSA) is 62.5 Å². The van der Waals surface area contributed by atoms with Gasteiger partial charge in [0.15, 0.2) is 5.96 Å². The number of aliphatic imine (C=N–C) groups is 1. The molecule has 0 atom stereocenters. The molecule has 0 aliphatic rings. The second-order valence-corrected chi connectivity index (χ2v) is 4.24. The highest BCUT2D eigenvalue weighted by Crippen LogP contribution is 2.11. The van der Waals surface area contributed by atoms with Crippen LogP contribution in [0.1, 0.15) is 37.3 Å². The molecule has 1 rings (SSSR count). The summed E-state index contributed by atoms with van der Waals surface area (Å²) in [6.45, 7) is 10.7. The van der Waals surface area contributed by atoms with Crippen LogP contribution in [-0.4, -0.2) is 30.8 Å². The fraction of sp³-hybridized carbons (Fsp3) is 0.692. The smallest absolute Gasteiger partial charge is 0.191 e. The van der Waals surface area contributed by atoms with Crippen molar-refractivity contribution in [1.82, 2.24) is 15.8 Å². The van der Waals surface area contributed by atoms with Crippen LogP contribution in [0.5, 0.6) is 0 Å². The zero-order chi connectivity index (χ0) is 13.4. The van der Waals surface area contributed by atoms with E-state index in [1.165, 1.54) is 5.56 Å². The Kier molecular flexibility index (Phi) is 6.25. The normalized spacial score (nSPS) is 11.7. The molecule has 0 aromatic carbocycles. The monoisotopic (exact) mass is 252 g/mol. The van der Waals surface area contributed by atoms with Crippen molar-refractivity contribution in [2.45, 2.75) is 40.5 Å². The number of nitrogens with zero attached hydrogens (tertiary/aromatic N) is 2. The Balaban J connectivity index is 2.43. The molecule has 5 heteroatoms. The molecule has 0 unspecified atom stereocenters. The van der Waals surface area contributed by atoms with Crippen molar-refractivity contribution < 1.29 is 4.52 Å². The van der Waals surface area contributed by atoms with Crippen molar-refractivity contribution in [2.75, 3.05) is 19.6 Å². The Morgan fingerprint density at radius 2 is 2.06 bits per heavy atom. The zero-order valence-electron chi connectivity index (χ0n) is 11.8. The minimum absolute atomic E-state index is 0.832. The quantitative estimate of drug-likeness (QED) is 0.598. The first kappa shape index (κ1) is 14.5. The standard InChI is InChI=1S/C13H24N4O/c1-5-8-15-13(14-6-2)16-9-7-12-10(3)17-18-11(12)4/h5-9H2,1-4H3,(H2,14,15,16). The molecule has 0 amide bonds. The van der Waals surface area contributed by atoms with Gasteiger partial charge >= 0.3 is 0 Å². The fourth-order valence-corrected chi connectivity index (χ4v) is 1.73. The first-order valence-electron chi connectivity index (χ1n) is 6.63.